The molecule has 0 unspecified atom stereocenters. The SMILES string of the molecule is CCNC(=O)c1ccc(NC2=CC(=O)N(CCO)C2=O)cc1. The number of amides is 3. The fourth-order valence-electron chi connectivity index (χ4n) is 2.03. The average molecular weight is 303 g/mol. The van der Waals surface area contributed by atoms with Crippen molar-refractivity contribution in [2.75, 3.05) is 25.0 Å². The van der Waals surface area contributed by atoms with E-state index in [2.05, 4.69) is 10.6 Å². The van der Waals surface area contributed by atoms with E-state index in [-0.39, 0.29) is 24.8 Å². The molecule has 116 valence electrons. The minimum Gasteiger partial charge on any atom is -0.395 e. The van der Waals surface area contributed by atoms with Gasteiger partial charge in [-0.05, 0) is 31.2 Å². The predicted molar refractivity (Wildman–Crippen MR) is 80.0 cm³/mol. The summed E-state index contributed by atoms with van der Waals surface area (Å²) < 4.78 is 0. The molecule has 22 heavy (non-hydrogen) atoms. The zero-order valence-corrected chi connectivity index (χ0v) is 12.1. The van der Waals surface area contributed by atoms with Gasteiger partial charge in [0.05, 0.1) is 13.2 Å². The van der Waals surface area contributed by atoms with E-state index in [9.17, 15) is 14.4 Å². The maximum Gasteiger partial charge on any atom is 0.277 e. The number of aliphatic hydroxyl groups is 1. The molecule has 0 aliphatic carbocycles. The molecule has 0 bridgehead atoms. The maximum atomic E-state index is 12.0. The summed E-state index contributed by atoms with van der Waals surface area (Å²) in [6, 6.07) is 6.55. The van der Waals surface area contributed by atoms with E-state index in [1.54, 1.807) is 24.3 Å². The molecule has 0 saturated heterocycles. The van der Waals surface area contributed by atoms with E-state index in [1.807, 2.05) is 6.92 Å². The van der Waals surface area contributed by atoms with E-state index >= 15 is 0 Å². The highest BCUT2D eigenvalue weighted by atomic mass is 16.3. The second kappa shape index (κ2) is 6.86. The Morgan fingerprint density at radius 3 is 2.50 bits per heavy atom. The molecule has 0 atom stereocenters. The molecular weight excluding hydrogens is 286 g/mol. The maximum absolute atomic E-state index is 12.0. The van der Waals surface area contributed by atoms with Crippen LogP contribution in [0.5, 0.6) is 0 Å². The highest BCUT2D eigenvalue weighted by Gasteiger charge is 2.30. The van der Waals surface area contributed by atoms with Gasteiger partial charge in [0.1, 0.15) is 5.70 Å². The van der Waals surface area contributed by atoms with Crippen molar-refractivity contribution in [2.24, 2.45) is 0 Å². The first-order valence-corrected chi connectivity index (χ1v) is 6.90. The Balaban J connectivity index is 2.06. The Labute approximate surface area is 127 Å². The van der Waals surface area contributed by atoms with Crippen molar-refractivity contribution in [3.63, 3.8) is 0 Å². The van der Waals surface area contributed by atoms with Gasteiger partial charge in [-0.1, -0.05) is 0 Å². The number of imide groups is 1. The lowest BCUT2D eigenvalue weighted by Gasteiger charge is -2.13. The summed E-state index contributed by atoms with van der Waals surface area (Å²) in [6.07, 6.45) is 1.19. The second-order valence-corrected chi connectivity index (χ2v) is 4.64. The molecule has 7 nitrogen and oxygen atoms in total. The van der Waals surface area contributed by atoms with Crippen LogP contribution in [0.2, 0.25) is 0 Å². The van der Waals surface area contributed by atoms with Crippen molar-refractivity contribution in [1.29, 1.82) is 0 Å². The van der Waals surface area contributed by atoms with Crippen LogP contribution in [-0.4, -0.2) is 47.4 Å². The molecule has 1 heterocycles. The molecular formula is C15H17N3O4. The third-order valence-corrected chi connectivity index (χ3v) is 3.10. The number of rotatable bonds is 6. The number of hydrogen-bond acceptors (Lipinski definition) is 5. The standard InChI is InChI=1S/C15H17N3O4/c1-2-16-14(21)10-3-5-11(6-4-10)17-12-9-13(20)18(7-8-19)15(12)22/h3-6,9,17,19H,2,7-8H2,1H3,(H,16,21). The number of benzene rings is 1. The van der Waals surface area contributed by atoms with Gasteiger partial charge in [-0.2, -0.15) is 0 Å². The molecule has 1 aliphatic rings. The van der Waals surface area contributed by atoms with Crippen molar-refractivity contribution < 1.29 is 19.5 Å². The average Bonchev–Trinajstić information content (AvgIpc) is 2.76. The molecule has 3 N–H and O–H groups in total. The van der Waals surface area contributed by atoms with Gasteiger partial charge in [0.15, 0.2) is 0 Å². The Kier molecular flexibility index (Phi) is 4.90. The van der Waals surface area contributed by atoms with E-state index in [4.69, 9.17) is 5.11 Å². The van der Waals surface area contributed by atoms with Crippen molar-refractivity contribution in [3.8, 4) is 0 Å². The Hall–Kier alpha value is -2.67. The van der Waals surface area contributed by atoms with Crippen LogP contribution in [0.25, 0.3) is 0 Å². The van der Waals surface area contributed by atoms with Crippen LogP contribution in [-0.2, 0) is 9.59 Å². The summed E-state index contributed by atoms with van der Waals surface area (Å²) in [4.78, 5) is 36.2. The minimum absolute atomic E-state index is 0.0323. The van der Waals surface area contributed by atoms with Crippen molar-refractivity contribution in [1.82, 2.24) is 10.2 Å². The first-order chi connectivity index (χ1) is 10.6. The molecule has 2 rings (SSSR count). The predicted octanol–water partition coefficient (Wildman–Crippen LogP) is 0.0932. The largest absolute Gasteiger partial charge is 0.395 e. The molecule has 3 amide bonds. The second-order valence-electron chi connectivity index (χ2n) is 4.64. The Morgan fingerprint density at radius 2 is 1.91 bits per heavy atom. The minimum atomic E-state index is -0.480. The molecule has 1 aromatic carbocycles. The highest BCUT2D eigenvalue weighted by Crippen LogP contribution is 2.17. The molecule has 0 fully saturated rings. The van der Waals surface area contributed by atoms with Crippen LogP contribution < -0.4 is 10.6 Å². The molecule has 0 spiro atoms. The number of nitrogens with one attached hydrogen (secondary N) is 2. The van der Waals surface area contributed by atoms with Crippen LogP contribution in [0.4, 0.5) is 5.69 Å². The van der Waals surface area contributed by atoms with Crippen molar-refractivity contribution in [2.45, 2.75) is 6.92 Å². The van der Waals surface area contributed by atoms with Gasteiger partial charge in [-0.25, -0.2) is 0 Å². The van der Waals surface area contributed by atoms with E-state index in [0.717, 1.165) is 4.90 Å². The molecule has 0 radical (unpaired) electrons. The van der Waals surface area contributed by atoms with E-state index in [1.165, 1.54) is 6.08 Å². The summed E-state index contributed by atoms with van der Waals surface area (Å²) in [7, 11) is 0. The molecule has 7 heteroatoms. The van der Waals surface area contributed by atoms with Gasteiger partial charge in [0.25, 0.3) is 17.7 Å². The van der Waals surface area contributed by atoms with Crippen molar-refractivity contribution >= 4 is 23.4 Å². The normalized spacial score (nSPS) is 14.1. The third kappa shape index (κ3) is 3.32. The molecule has 0 saturated carbocycles. The van der Waals surface area contributed by atoms with Crippen LogP contribution in [0, 0.1) is 0 Å². The lowest BCUT2D eigenvalue weighted by atomic mass is 10.2. The van der Waals surface area contributed by atoms with Crippen LogP contribution in [0.1, 0.15) is 17.3 Å². The zero-order chi connectivity index (χ0) is 16.1. The number of aliphatic hydroxyl groups excluding tert-OH is 1. The van der Waals surface area contributed by atoms with Crippen molar-refractivity contribution in [3.05, 3.63) is 41.6 Å². The quantitative estimate of drug-likeness (QED) is 0.647. The van der Waals surface area contributed by atoms with Gasteiger partial charge >= 0.3 is 0 Å². The first-order valence-electron chi connectivity index (χ1n) is 6.90. The summed E-state index contributed by atoms with van der Waals surface area (Å²) in [5.74, 6) is -1.11. The Morgan fingerprint density at radius 1 is 1.23 bits per heavy atom. The third-order valence-electron chi connectivity index (χ3n) is 3.10. The number of β-amino-alcohol motifs (C(OH)–C–C–N with tert-alkyl or cyclic N) is 1. The van der Waals surface area contributed by atoms with Gasteiger partial charge in [-0.15, -0.1) is 0 Å². The number of carbonyl (C=O) groups excluding carboxylic acids is 3. The number of anilines is 1. The lowest BCUT2D eigenvalue weighted by Crippen LogP contribution is -2.34. The van der Waals surface area contributed by atoms with Crippen LogP contribution in [0.3, 0.4) is 0 Å². The fraction of sp³-hybridized carbons (Fsp3) is 0.267. The number of hydrogen-bond donors (Lipinski definition) is 3. The lowest BCUT2D eigenvalue weighted by molar-refractivity contribution is -0.137. The van der Waals surface area contributed by atoms with Gasteiger partial charge in [0.2, 0.25) is 0 Å². The first kappa shape index (κ1) is 15.7. The summed E-state index contributed by atoms with van der Waals surface area (Å²) in [5, 5.41) is 14.4. The molecule has 1 aliphatic heterocycles. The smallest absolute Gasteiger partial charge is 0.277 e. The number of nitrogens with zero attached hydrogens (tertiary/aromatic N) is 1. The van der Waals surface area contributed by atoms with E-state index in [0.29, 0.717) is 17.8 Å². The molecule has 0 aromatic heterocycles. The Bertz CT molecular complexity index is 622. The van der Waals surface area contributed by atoms with Gasteiger partial charge in [-0.3, -0.25) is 19.3 Å². The summed E-state index contributed by atoms with van der Waals surface area (Å²) in [6.45, 7) is 2.07. The zero-order valence-electron chi connectivity index (χ0n) is 12.1. The van der Waals surface area contributed by atoms with Crippen LogP contribution in [0.15, 0.2) is 36.0 Å². The van der Waals surface area contributed by atoms with Gasteiger partial charge < -0.3 is 15.7 Å². The fourth-order valence-corrected chi connectivity index (χ4v) is 2.03. The van der Waals surface area contributed by atoms with Crippen LogP contribution >= 0.6 is 0 Å². The van der Waals surface area contributed by atoms with Gasteiger partial charge in [0, 0.05) is 23.9 Å². The summed E-state index contributed by atoms with van der Waals surface area (Å²) in [5.41, 5.74) is 1.24. The topological polar surface area (TPSA) is 98.7 Å². The summed E-state index contributed by atoms with van der Waals surface area (Å²) >= 11 is 0. The number of carbonyl (C=O) groups is 3. The molecule has 1 aromatic rings. The monoisotopic (exact) mass is 303 g/mol. The van der Waals surface area contributed by atoms with E-state index < -0.39 is 11.8 Å². The highest BCUT2D eigenvalue weighted by molar-refractivity contribution is 6.17.